The number of hydrogen-bond acceptors (Lipinski definition) is 4. The molecule has 0 saturated heterocycles. The van der Waals surface area contributed by atoms with Gasteiger partial charge in [-0.05, 0) is 5.57 Å². The second kappa shape index (κ2) is 5.02. The topological polar surface area (TPSA) is 46.5 Å². The van der Waals surface area contributed by atoms with Crippen molar-refractivity contribution < 1.29 is 14.6 Å². The first-order valence-electron chi connectivity index (χ1n) is 4.30. The fourth-order valence-corrected chi connectivity index (χ4v) is 1.44. The lowest BCUT2D eigenvalue weighted by atomic mass is 9.99. The summed E-state index contributed by atoms with van der Waals surface area (Å²) in [4.78, 5) is 11.7. The van der Waals surface area contributed by atoms with Crippen LogP contribution in [0.5, 0.6) is 0 Å². The molecule has 0 aromatic carbocycles. The van der Waals surface area contributed by atoms with Crippen LogP contribution in [0.2, 0.25) is 0 Å². The van der Waals surface area contributed by atoms with E-state index in [2.05, 4.69) is 4.74 Å². The molecule has 14 heavy (non-hydrogen) atoms. The van der Waals surface area contributed by atoms with E-state index in [-0.39, 0.29) is 6.42 Å². The number of hydrogen-bond donors (Lipinski definition) is 1. The Morgan fingerprint density at radius 1 is 1.79 bits per heavy atom. The highest BCUT2D eigenvalue weighted by Gasteiger charge is 2.19. The highest BCUT2D eigenvalue weighted by molar-refractivity contribution is 7.80. The molecule has 0 spiro atoms. The Labute approximate surface area is 88.1 Å². The molecular formula is C10H12O3S. The van der Waals surface area contributed by atoms with E-state index in [0.29, 0.717) is 6.42 Å². The normalized spacial score (nSPS) is 17.6. The number of allylic oxidation sites excluding steroid dienone is 3. The van der Waals surface area contributed by atoms with Gasteiger partial charge in [0.15, 0.2) is 6.10 Å². The number of carbonyl (C=O) groups is 1. The molecule has 0 fully saturated rings. The molecule has 0 amide bonds. The van der Waals surface area contributed by atoms with Crippen LogP contribution in [0, 0.1) is 0 Å². The molecule has 0 heterocycles. The molecule has 76 valence electrons. The molecule has 1 atom stereocenters. The van der Waals surface area contributed by atoms with Crippen molar-refractivity contribution in [2.75, 3.05) is 7.11 Å². The first-order valence-corrected chi connectivity index (χ1v) is 4.70. The molecule has 1 N–H and O–H groups in total. The zero-order valence-electron chi connectivity index (χ0n) is 7.90. The van der Waals surface area contributed by atoms with Crippen LogP contribution in [0.3, 0.4) is 0 Å². The summed E-state index contributed by atoms with van der Waals surface area (Å²) in [6, 6.07) is 0. The minimum atomic E-state index is -1.12. The van der Waals surface area contributed by atoms with Crippen molar-refractivity contribution in [1.82, 2.24) is 0 Å². The molecule has 4 heteroatoms. The Hall–Kier alpha value is -1.00. The predicted molar refractivity (Wildman–Crippen MR) is 57.1 cm³/mol. The standard InChI is InChI=1S/C10H12O3S/c1-13-10(12)8(11)6-7-4-2-3-5-9(7)14/h2-4,8,11H,5-6H2,1H3. The molecule has 0 aliphatic heterocycles. The zero-order chi connectivity index (χ0) is 10.6. The third-order valence-electron chi connectivity index (χ3n) is 1.98. The predicted octanol–water partition coefficient (Wildman–Crippen LogP) is 1.17. The van der Waals surface area contributed by atoms with Crippen LogP contribution in [0.15, 0.2) is 23.8 Å². The summed E-state index contributed by atoms with van der Waals surface area (Å²) < 4.78 is 4.41. The Kier molecular flexibility index (Phi) is 3.98. The van der Waals surface area contributed by atoms with Crippen molar-refractivity contribution in [3.05, 3.63) is 23.8 Å². The lowest BCUT2D eigenvalue weighted by molar-refractivity contribution is -0.150. The van der Waals surface area contributed by atoms with Crippen molar-refractivity contribution in [3.8, 4) is 0 Å². The summed E-state index contributed by atoms with van der Waals surface area (Å²) in [5, 5.41) is 9.39. The van der Waals surface area contributed by atoms with Crippen LogP contribution in [0.4, 0.5) is 0 Å². The van der Waals surface area contributed by atoms with Gasteiger partial charge < -0.3 is 9.84 Å². The number of carbonyl (C=O) groups excluding carboxylic acids is 1. The number of aliphatic hydroxyl groups is 1. The number of esters is 1. The Bertz CT molecular complexity index is 304. The van der Waals surface area contributed by atoms with Gasteiger partial charge in [0.25, 0.3) is 0 Å². The quantitative estimate of drug-likeness (QED) is 0.563. The van der Waals surface area contributed by atoms with Gasteiger partial charge in [-0.25, -0.2) is 4.79 Å². The van der Waals surface area contributed by atoms with Crippen molar-refractivity contribution in [2.24, 2.45) is 0 Å². The average molecular weight is 212 g/mol. The van der Waals surface area contributed by atoms with Gasteiger partial charge in [-0.1, -0.05) is 30.4 Å². The van der Waals surface area contributed by atoms with E-state index in [1.54, 1.807) is 0 Å². The van der Waals surface area contributed by atoms with Crippen LogP contribution in [-0.2, 0) is 9.53 Å². The molecule has 0 aromatic heterocycles. The number of ether oxygens (including phenoxy) is 1. The minimum Gasteiger partial charge on any atom is -0.467 e. The van der Waals surface area contributed by atoms with Gasteiger partial charge in [-0.3, -0.25) is 0 Å². The number of rotatable bonds is 3. The van der Waals surface area contributed by atoms with Crippen LogP contribution < -0.4 is 0 Å². The number of aliphatic hydroxyl groups excluding tert-OH is 1. The van der Waals surface area contributed by atoms with E-state index >= 15 is 0 Å². The van der Waals surface area contributed by atoms with E-state index in [1.807, 2.05) is 18.2 Å². The van der Waals surface area contributed by atoms with E-state index in [4.69, 9.17) is 12.2 Å². The van der Waals surface area contributed by atoms with Gasteiger partial charge in [-0.2, -0.15) is 0 Å². The van der Waals surface area contributed by atoms with Gasteiger partial charge in [-0.15, -0.1) is 0 Å². The summed E-state index contributed by atoms with van der Waals surface area (Å²) in [7, 11) is 1.25. The fraction of sp³-hybridized carbons (Fsp3) is 0.400. The van der Waals surface area contributed by atoms with Gasteiger partial charge in [0.1, 0.15) is 0 Å². The molecule has 1 unspecified atom stereocenters. The maximum Gasteiger partial charge on any atom is 0.335 e. The summed E-state index contributed by atoms with van der Waals surface area (Å²) in [6.07, 6.45) is 5.45. The maximum atomic E-state index is 10.9. The van der Waals surface area contributed by atoms with Crippen LogP contribution >= 0.6 is 12.2 Å². The van der Waals surface area contributed by atoms with E-state index in [0.717, 1.165) is 10.4 Å². The average Bonchev–Trinajstić information content (AvgIpc) is 2.20. The van der Waals surface area contributed by atoms with Gasteiger partial charge in [0.05, 0.1) is 7.11 Å². The number of thiocarbonyl (C=S) groups is 1. The van der Waals surface area contributed by atoms with Gasteiger partial charge >= 0.3 is 5.97 Å². The van der Waals surface area contributed by atoms with Crippen molar-refractivity contribution in [2.45, 2.75) is 18.9 Å². The molecule has 3 nitrogen and oxygen atoms in total. The summed E-state index contributed by atoms with van der Waals surface area (Å²) in [5.74, 6) is -0.622. The molecule has 1 aliphatic rings. The van der Waals surface area contributed by atoms with Crippen molar-refractivity contribution in [1.29, 1.82) is 0 Å². The van der Waals surface area contributed by atoms with Crippen molar-refractivity contribution in [3.63, 3.8) is 0 Å². The van der Waals surface area contributed by atoms with E-state index in [9.17, 15) is 9.90 Å². The SMILES string of the molecule is COC(=O)C(O)CC1=CC=CCC1=S. The Morgan fingerprint density at radius 2 is 2.50 bits per heavy atom. The molecule has 1 rings (SSSR count). The molecule has 0 radical (unpaired) electrons. The largest absolute Gasteiger partial charge is 0.467 e. The minimum absolute atomic E-state index is 0.232. The Morgan fingerprint density at radius 3 is 3.07 bits per heavy atom. The third-order valence-corrected chi connectivity index (χ3v) is 2.41. The molecular weight excluding hydrogens is 200 g/mol. The first kappa shape index (κ1) is 11.1. The lowest BCUT2D eigenvalue weighted by Gasteiger charge is -2.13. The second-order valence-electron chi connectivity index (χ2n) is 2.99. The second-order valence-corrected chi connectivity index (χ2v) is 3.48. The maximum absolute atomic E-state index is 10.9. The summed E-state index contributed by atoms with van der Waals surface area (Å²) >= 11 is 5.09. The highest BCUT2D eigenvalue weighted by Crippen LogP contribution is 2.15. The highest BCUT2D eigenvalue weighted by atomic mass is 32.1. The summed E-state index contributed by atoms with van der Waals surface area (Å²) in [6.45, 7) is 0. The smallest absolute Gasteiger partial charge is 0.335 e. The van der Waals surface area contributed by atoms with E-state index in [1.165, 1.54) is 7.11 Å². The van der Waals surface area contributed by atoms with E-state index < -0.39 is 12.1 Å². The fourth-order valence-electron chi connectivity index (χ4n) is 1.19. The molecule has 0 saturated carbocycles. The first-order chi connectivity index (χ1) is 6.65. The summed E-state index contributed by atoms with van der Waals surface area (Å²) in [5.41, 5.74) is 0.834. The molecule has 0 bridgehead atoms. The number of methoxy groups -OCH3 is 1. The molecule has 1 aliphatic carbocycles. The van der Waals surface area contributed by atoms with Crippen LogP contribution in [0.25, 0.3) is 0 Å². The molecule has 0 aromatic rings. The Balaban J connectivity index is 2.59. The third kappa shape index (κ3) is 2.75. The van der Waals surface area contributed by atoms with Gasteiger partial charge in [0.2, 0.25) is 0 Å². The van der Waals surface area contributed by atoms with Crippen LogP contribution in [0.1, 0.15) is 12.8 Å². The lowest BCUT2D eigenvalue weighted by Crippen LogP contribution is -2.23. The van der Waals surface area contributed by atoms with Gasteiger partial charge in [0, 0.05) is 17.7 Å². The monoisotopic (exact) mass is 212 g/mol. The van der Waals surface area contributed by atoms with Crippen molar-refractivity contribution >= 4 is 23.1 Å². The van der Waals surface area contributed by atoms with Crippen LogP contribution in [-0.4, -0.2) is 29.2 Å². The zero-order valence-corrected chi connectivity index (χ0v) is 8.71.